The second-order valence-corrected chi connectivity index (χ2v) is 5.86. The topological polar surface area (TPSA) is 42.0 Å². The van der Waals surface area contributed by atoms with Gasteiger partial charge in [0.2, 0.25) is 0 Å². The van der Waals surface area contributed by atoms with Gasteiger partial charge in [-0.3, -0.25) is 4.79 Å². The number of hydrogen-bond acceptors (Lipinski definition) is 2. The Bertz CT molecular complexity index is 647. The van der Waals surface area contributed by atoms with Gasteiger partial charge in [-0.2, -0.15) is 0 Å². The van der Waals surface area contributed by atoms with Crippen molar-refractivity contribution in [3.63, 3.8) is 0 Å². The van der Waals surface area contributed by atoms with Gasteiger partial charge in [0.25, 0.3) is 5.91 Å². The van der Waals surface area contributed by atoms with Gasteiger partial charge in [0.05, 0.1) is 10.6 Å². The molecule has 0 spiro atoms. The maximum atomic E-state index is 12.1. The summed E-state index contributed by atoms with van der Waals surface area (Å²) < 4.78 is 1.08. The summed E-state index contributed by atoms with van der Waals surface area (Å²) in [5, 5.41) is 3.28. The largest absolute Gasteiger partial charge is 0.322 e. The zero-order valence-corrected chi connectivity index (χ0v) is 13.5. The van der Waals surface area contributed by atoms with E-state index in [0.29, 0.717) is 11.3 Å². The van der Waals surface area contributed by atoms with Crippen LogP contribution in [0.3, 0.4) is 0 Å². The van der Waals surface area contributed by atoms with Crippen LogP contribution in [0.25, 0.3) is 0 Å². The Morgan fingerprint density at radius 2 is 2.05 bits per heavy atom. The highest BCUT2D eigenvalue weighted by Crippen LogP contribution is 2.21. The highest BCUT2D eigenvalue weighted by atomic mass is 127. The Hall–Kier alpha value is -0.850. The number of aryl methyl sites for hydroxylation is 1. The van der Waals surface area contributed by atoms with Gasteiger partial charge in [-0.05, 0) is 53.3 Å². The van der Waals surface area contributed by atoms with Crippen molar-refractivity contribution in [2.24, 2.45) is 0 Å². The van der Waals surface area contributed by atoms with E-state index in [1.807, 2.05) is 25.1 Å². The van der Waals surface area contributed by atoms with Crippen LogP contribution in [0.5, 0.6) is 0 Å². The lowest BCUT2D eigenvalue weighted by Gasteiger charge is -2.08. The van der Waals surface area contributed by atoms with Crippen molar-refractivity contribution < 1.29 is 4.79 Å². The van der Waals surface area contributed by atoms with E-state index in [2.05, 4.69) is 32.9 Å². The monoisotopic (exact) mass is 406 g/mol. The molecule has 0 saturated carbocycles. The lowest BCUT2D eigenvalue weighted by atomic mass is 10.2. The van der Waals surface area contributed by atoms with E-state index in [0.717, 1.165) is 9.13 Å². The van der Waals surface area contributed by atoms with Crippen LogP contribution < -0.4 is 5.32 Å². The molecule has 0 unspecified atom stereocenters. The van der Waals surface area contributed by atoms with E-state index in [1.165, 1.54) is 12.3 Å². The Balaban J connectivity index is 2.25. The number of anilines is 1. The summed E-state index contributed by atoms with van der Waals surface area (Å²) in [7, 11) is 0. The lowest BCUT2D eigenvalue weighted by Crippen LogP contribution is -2.13. The number of rotatable bonds is 2. The molecule has 19 heavy (non-hydrogen) atoms. The number of halogens is 3. The Morgan fingerprint density at radius 1 is 1.32 bits per heavy atom. The fourth-order valence-electron chi connectivity index (χ4n) is 1.46. The molecular weight excluding hydrogens is 398 g/mol. The Labute approximate surface area is 134 Å². The maximum absolute atomic E-state index is 12.1. The lowest BCUT2D eigenvalue weighted by molar-refractivity contribution is 0.102. The summed E-state index contributed by atoms with van der Waals surface area (Å²) in [6, 6.07) is 7.12. The molecule has 0 fully saturated rings. The quantitative estimate of drug-likeness (QED) is 0.587. The first-order chi connectivity index (χ1) is 8.97. The minimum absolute atomic E-state index is 0.230. The predicted octanol–water partition coefficient (Wildman–Crippen LogP) is 4.55. The summed E-state index contributed by atoms with van der Waals surface area (Å²) in [6.07, 6.45) is 1.36. The smallest absolute Gasteiger partial charge is 0.257 e. The van der Waals surface area contributed by atoms with Crippen LogP contribution in [0, 0.1) is 10.5 Å². The number of hydrogen-bond donors (Lipinski definition) is 1. The number of pyridine rings is 1. The van der Waals surface area contributed by atoms with Gasteiger partial charge >= 0.3 is 0 Å². The van der Waals surface area contributed by atoms with Crippen molar-refractivity contribution in [3.8, 4) is 0 Å². The van der Waals surface area contributed by atoms with E-state index >= 15 is 0 Å². The molecule has 3 nitrogen and oxygen atoms in total. The number of nitrogens with one attached hydrogen (secondary N) is 1. The minimum atomic E-state index is -0.311. The van der Waals surface area contributed by atoms with Crippen LogP contribution in [0.4, 0.5) is 5.69 Å². The molecule has 1 N–H and O–H groups in total. The number of amides is 1. The summed E-state index contributed by atoms with van der Waals surface area (Å²) >= 11 is 13.9. The van der Waals surface area contributed by atoms with Gasteiger partial charge < -0.3 is 5.32 Å². The highest BCUT2D eigenvalue weighted by Gasteiger charge is 2.12. The fraction of sp³-hybridized carbons (Fsp3) is 0.0769. The third-order valence-corrected chi connectivity index (χ3v) is 4.17. The van der Waals surface area contributed by atoms with Crippen molar-refractivity contribution >= 4 is 57.4 Å². The van der Waals surface area contributed by atoms with Gasteiger partial charge in [0.1, 0.15) is 5.15 Å². The van der Waals surface area contributed by atoms with Crippen LogP contribution in [0.15, 0.2) is 30.5 Å². The molecule has 1 amide bonds. The molecule has 0 atom stereocenters. The van der Waals surface area contributed by atoms with Gasteiger partial charge in [0, 0.05) is 15.5 Å². The van der Waals surface area contributed by atoms with E-state index in [4.69, 9.17) is 23.2 Å². The molecule has 1 aromatic carbocycles. The zero-order valence-electron chi connectivity index (χ0n) is 9.88. The van der Waals surface area contributed by atoms with E-state index < -0.39 is 0 Å². The molecule has 6 heteroatoms. The molecule has 0 bridgehead atoms. The van der Waals surface area contributed by atoms with Crippen LogP contribution >= 0.6 is 45.8 Å². The molecule has 0 aliphatic rings. The second-order valence-electron chi connectivity index (χ2n) is 3.90. The SMILES string of the molecule is Cc1ccc(NC(=O)c2cc(Cl)ncc2Cl)cc1I. The van der Waals surface area contributed by atoms with Crippen molar-refractivity contribution in [1.82, 2.24) is 4.98 Å². The number of carbonyl (C=O) groups excluding carboxylic acids is 1. The number of benzene rings is 1. The molecule has 0 aliphatic heterocycles. The summed E-state index contributed by atoms with van der Waals surface area (Å²) in [6.45, 7) is 2.01. The van der Waals surface area contributed by atoms with Crippen molar-refractivity contribution in [2.75, 3.05) is 5.32 Å². The molecule has 0 saturated heterocycles. The first kappa shape index (κ1) is 14.6. The summed E-state index contributed by atoms with van der Waals surface area (Å²) in [5.41, 5.74) is 2.17. The van der Waals surface area contributed by atoms with Crippen molar-refractivity contribution in [2.45, 2.75) is 6.92 Å². The average Bonchev–Trinajstić information content (AvgIpc) is 2.36. The van der Waals surface area contributed by atoms with Crippen LogP contribution in [0.1, 0.15) is 15.9 Å². The molecule has 1 heterocycles. The minimum Gasteiger partial charge on any atom is -0.322 e. The first-order valence-electron chi connectivity index (χ1n) is 5.36. The molecule has 0 aliphatic carbocycles. The number of aromatic nitrogens is 1. The molecule has 98 valence electrons. The average molecular weight is 407 g/mol. The van der Waals surface area contributed by atoms with Gasteiger partial charge in [-0.1, -0.05) is 29.3 Å². The van der Waals surface area contributed by atoms with E-state index in [-0.39, 0.29) is 16.1 Å². The molecule has 1 aromatic heterocycles. The van der Waals surface area contributed by atoms with Gasteiger partial charge in [-0.15, -0.1) is 0 Å². The Morgan fingerprint density at radius 3 is 2.74 bits per heavy atom. The standard InChI is InChI=1S/C13H9Cl2IN2O/c1-7-2-3-8(4-11(7)16)18-13(19)9-5-12(15)17-6-10(9)14/h2-6H,1H3,(H,18,19). The van der Waals surface area contributed by atoms with Crippen molar-refractivity contribution in [3.05, 3.63) is 55.3 Å². The normalized spacial score (nSPS) is 10.3. The zero-order chi connectivity index (χ0) is 14.0. The predicted molar refractivity (Wildman–Crippen MR) is 86.1 cm³/mol. The molecule has 0 radical (unpaired) electrons. The van der Waals surface area contributed by atoms with E-state index in [1.54, 1.807) is 0 Å². The molecule has 2 aromatic rings. The Kier molecular flexibility index (Phi) is 4.65. The molecular formula is C13H9Cl2IN2O. The third kappa shape index (κ3) is 3.58. The third-order valence-electron chi connectivity index (χ3n) is 2.50. The van der Waals surface area contributed by atoms with E-state index in [9.17, 15) is 4.79 Å². The number of nitrogens with zero attached hydrogens (tertiary/aromatic N) is 1. The van der Waals surface area contributed by atoms with Crippen molar-refractivity contribution in [1.29, 1.82) is 0 Å². The maximum Gasteiger partial charge on any atom is 0.257 e. The van der Waals surface area contributed by atoms with Gasteiger partial charge in [-0.25, -0.2) is 4.98 Å². The second kappa shape index (κ2) is 6.07. The van der Waals surface area contributed by atoms with Crippen LogP contribution in [-0.2, 0) is 0 Å². The van der Waals surface area contributed by atoms with Gasteiger partial charge in [0.15, 0.2) is 0 Å². The van der Waals surface area contributed by atoms with Crippen LogP contribution in [-0.4, -0.2) is 10.9 Å². The number of carbonyl (C=O) groups is 1. The summed E-state index contributed by atoms with van der Waals surface area (Å²) in [5.74, 6) is -0.311. The first-order valence-corrected chi connectivity index (χ1v) is 7.19. The van der Waals surface area contributed by atoms with Crippen LogP contribution in [0.2, 0.25) is 10.2 Å². The highest BCUT2D eigenvalue weighted by molar-refractivity contribution is 14.1. The summed E-state index contributed by atoms with van der Waals surface area (Å²) in [4.78, 5) is 15.9. The molecule has 2 rings (SSSR count). The fourth-order valence-corrected chi connectivity index (χ4v) is 2.32.